The van der Waals surface area contributed by atoms with Crippen molar-refractivity contribution < 1.29 is 9.47 Å². The van der Waals surface area contributed by atoms with E-state index in [2.05, 4.69) is 11.0 Å². The molecule has 3 rings (SSSR count). The fourth-order valence-electron chi connectivity index (χ4n) is 2.99. The molecule has 0 aliphatic carbocycles. The average Bonchev–Trinajstić information content (AvgIpc) is 3.20. The molecule has 26 heavy (non-hydrogen) atoms. The minimum atomic E-state index is 0.232. The Morgan fingerprint density at radius 2 is 2.00 bits per heavy atom. The van der Waals surface area contributed by atoms with Crippen molar-refractivity contribution in [3.63, 3.8) is 0 Å². The lowest BCUT2D eigenvalue weighted by Gasteiger charge is -2.20. The van der Waals surface area contributed by atoms with Gasteiger partial charge in [-0.05, 0) is 31.0 Å². The molecule has 0 amide bonds. The van der Waals surface area contributed by atoms with Gasteiger partial charge < -0.3 is 14.4 Å². The van der Waals surface area contributed by atoms with Crippen LogP contribution < -0.4 is 9.47 Å². The van der Waals surface area contributed by atoms with Crippen molar-refractivity contribution in [1.29, 1.82) is 5.26 Å². The molecule has 134 valence electrons. The lowest BCUT2D eigenvalue weighted by Crippen LogP contribution is -2.26. The highest BCUT2D eigenvalue weighted by Gasteiger charge is 2.20. The van der Waals surface area contributed by atoms with Gasteiger partial charge in [0.2, 0.25) is 0 Å². The molecule has 0 spiro atoms. The fraction of sp³-hybridized carbons (Fsp3) is 0.300. The predicted molar refractivity (Wildman–Crippen MR) is 106 cm³/mol. The minimum Gasteiger partial charge on any atom is -0.493 e. The Bertz CT molecular complexity index is 857. The van der Waals surface area contributed by atoms with Crippen LogP contribution in [0.4, 0.5) is 0 Å². The zero-order chi connectivity index (χ0) is 18.5. The van der Waals surface area contributed by atoms with E-state index in [1.54, 1.807) is 13.2 Å². The maximum atomic E-state index is 9.20. The van der Waals surface area contributed by atoms with Gasteiger partial charge in [0.25, 0.3) is 0 Å². The standard InChI is InChI=1S/C20H19ClN2O2S/c1-24-18-11-16(20(26)23-8-4-5-9-23)10-17(21)19(18)25-13-15-7-3-2-6-14(15)12-22/h2-3,6-7,10-11H,4-5,8-9,13H2,1H3. The van der Waals surface area contributed by atoms with E-state index in [9.17, 15) is 5.26 Å². The fourth-order valence-corrected chi connectivity index (χ4v) is 3.56. The van der Waals surface area contributed by atoms with Crippen LogP contribution in [0.3, 0.4) is 0 Å². The molecule has 1 aliphatic rings. The summed E-state index contributed by atoms with van der Waals surface area (Å²) in [6.07, 6.45) is 2.31. The van der Waals surface area contributed by atoms with Crippen molar-refractivity contribution in [3.05, 3.63) is 58.1 Å². The molecule has 0 bridgehead atoms. The molecule has 0 aromatic heterocycles. The Kier molecular flexibility index (Phi) is 5.97. The Morgan fingerprint density at radius 3 is 2.69 bits per heavy atom. The van der Waals surface area contributed by atoms with Crippen LogP contribution in [0, 0.1) is 11.3 Å². The van der Waals surface area contributed by atoms with E-state index < -0.39 is 0 Å². The molecule has 2 aromatic rings. The van der Waals surface area contributed by atoms with Gasteiger partial charge in [0.1, 0.15) is 11.6 Å². The van der Waals surface area contributed by atoms with Crippen LogP contribution >= 0.6 is 23.8 Å². The number of ether oxygens (including phenoxy) is 2. The first-order chi connectivity index (χ1) is 12.6. The molecule has 2 aromatic carbocycles. The normalized spacial score (nSPS) is 13.3. The first-order valence-electron chi connectivity index (χ1n) is 8.41. The summed E-state index contributed by atoms with van der Waals surface area (Å²) in [6.45, 7) is 2.18. The highest BCUT2D eigenvalue weighted by molar-refractivity contribution is 7.80. The molecule has 1 saturated heterocycles. The van der Waals surface area contributed by atoms with E-state index in [0.717, 1.165) is 42.0 Å². The topological polar surface area (TPSA) is 45.5 Å². The van der Waals surface area contributed by atoms with Gasteiger partial charge in [-0.25, -0.2) is 0 Å². The first-order valence-corrected chi connectivity index (χ1v) is 9.20. The largest absolute Gasteiger partial charge is 0.493 e. The second-order valence-corrected chi connectivity index (χ2v) is 6.84. The van der Waals surface area contributed by atoms with Crippen LogP contribution in [0.2, 0.25) is 5.02 Å². The molecule has 0 saturated carbocycles. The summed E-state index contributed by atoms with van der Waals surface area (Å²) in [7, 11) is 1.57. The van der Waals surface area contributed by atoms with E-state index in [1.165, 1.54) is 0 Å². The van der Waals surface area contributed by atoms with E-state index >= 15 is 0 Å². The van der Waals surface area contributed by atoms with Gasteiger partial charge in [0.05, 0.1) is 23.8 Å². The number of halogens is 1. The minimum absolute atomic E-state index is 0.232. The zero-order valence-corrected chi connectivity index (χ0v) is 16.1. The van der Waals surface area contributed by atoms with E-state index in [1.807, 2.05) is 30.3 Å². The van der Waals surface area contributed by atoms with Gasteiger partial charge in [0, 0.05) is 24.2 Å². The summed E-state index contributed by atoms with van der Waals surface area (Å²) < 4.78 is 11.4. The molecule has 6 heteroatoms. The smallest absolute Gasteiger partial charge is 0.180 e. The Morgan fingerprint density at radius 1 is 1.27 bits per heavy atom. The van der Waals surface area contributed by atoms with Crippen LogP contribution in [-0.4, -0.2) is 30.1 Å². The Hall–Kier alpha value is -2.29. The molecule has 0 N–H and O–H groups in total. The summed E-state index contributed by atoms with van der Waals surface area (Å²) in [5.74, 6) is 0.985. The molecule has 1 heterocycles. The number of methoxy groups -OCH3 is 1. The Labute approximate surface area is 163 Å². The molecule has 1 aliphatic heterocycles. The molecule has 0 atom stereocenters. The molecular weight excluding hydrogens is 368 g/mol. The second kappa shape index (κ2) is 8.39. The average molecular weight is 387 g/mol. The number of benzene rings is 2. The number of nitrogens with zero attached hydrogens (tertiary/aromatic N) is 2. The molecular formula is C20H19ClN2O2S. The van der Waals surface area contributed by atoms with Crippen LogP contribution in [0.15, 0.2) is 36.4 Å². The number of rotatable bonds is 5. The van der Waals surface area contributed by atoms with Crippen molar-refractivity contribution in [2.45, 2.75) is 19.4 Å². The van der Waals surface area contributed by atoms with Crippen molar-refractivity contribution >= 4 is 28.8 Å². The van der Waals surface area contributed by atoms with Gasteiger partial charge in [-0.1, -0.05) is 42.0 Å². The monoisotopic (exact) mass is 386 g/mol. The van der Waals surface area contributed by atoms with Crippen LogP contribution in [0.5, 0.6) is 11.5 Å². The van der Waals surface area contributed by atoms with Gasteiger partial charge in [-0.2, -0.15) is 5.26 Å². The van der Waals surface area contributed by atoms with Crippen LogP contribution in [0.25, 0.3) is 0 Å². The third-order valence-electron chi connectivity index (χ3n) is 4.38. The number of thiocarbonyl (C=S) groups is 1. The second-order valence-electron chi connectivity index (χ2n) is 6.05. The van der Waals surface area contributed by atoms with Gasteiger partial charge >= 0.3 is 0 Å². The highest BCUT2D eigenvalue weighted by atomic mass is 35.5. The zero-order valence-electron chi connectivity index (χ0n) is 14.5. The molecule has 0 unspecified atom stereocenters. The van der Waals surface area contributed by atoms with E-state index in [0.29, 0.717) is 22.1 Å². The van der Waals surface area contributed by atoms with E-state index in [4.69, 9.17) is 33.3 Å². The highest BCUT2D eigenvalue weighted by Crippen LogP contribution is 2.37. The Balaban J connectivity index is 1.83. The van der Waals surface area contributed by atoms with Crippen molar-refractivity contribution in [3.8, 4) is 17.6 Å². The molecule has 0 radical (unpaired) electrons. The summed E-state index contributed by atoms with van der Waals surface area (Å²) in [6, 6.07) is 13.1. The van der Waals surface area contributed by atoms with Crippen LogP contribution in [-0.2, 0) is 6.61 Å². The quantitative estimate of drug-likeness (QED) is 0.704. The van der Waals surface area contributed by atoms with Crippen LogP contribution in [0.1, 0.15) is 29.5 Å². The lowest BCUT2D eigenvalue weighted by molar-refractivity contribution is 0.284. The maximum absolute atomic E-state index is 9.20. The molecule has 4 nitrogen and oxygen atoms in total. The SMILES string of the molecule is COc1cc(C(=S)N2CCCC2)cc(Cl)c1OCc1ccccc1C#N. The maximum Gasteiger partial charge on any atom is 0.180 e. The summed E-state index contributed by atoms with van der Waals surface area (Å²) >= 11 is 12.1. The summed E-state index contributed by atoms with van der Waals surface area (Å²) in [5, 5.41) is 9.64. The van der Waals surface area contributed by atoms with E-state index in [-0.39, 0.29) is 6.61 Å². The number of hydrogen-bond acceptors (Lipinski definition) is 4. The number of likely N-dealkylation sites (tertiary alicyclic amines) is 1. The van der Waals surface area contributed by atoms with Gasteiger partial charge in [-0.15, -0.1) is 0 Å². The third-order valence-corrected chi connectivity index (χ3v) is 5.15. The number of hydrogen-bond donors (Lipinski definition) is 0. The summed E-state index contributed by atoms with van der Waals surface area (Å²) in [5.41, 5.74) is 2.23. The van der Waals surface area contributed by atoms with Crippen molar-refractivity contribution in [2.24, 2.45) is 0 Å². The van der Waals surface area contributed by atoms with Gasteiger partial charge in [-0.3, -0.25) is 0 Å². The van der Waals surface area contributed by atoms with Gasteiger partial charge in [0.15, 0.2) is 11.5 Å². The molecule has 1 fully saturated rings. The predicted octanol–water partition coefficient (Wildman–Crippen LogP) is 4.57. The third kappa shape index (κ3) is 3.92. The summed E-state index contributed by atoms with van der Waals surface area (Å²) in [4.78, 5) is 2.97. The lowest BCUT2D eigenvalue weighted by atomic mass is 10.1. The van der Waals surface area contributed by atoms with Crippen molar-refractivity contribution in [2.75, 3.05) is 20.2 Å². The first kappa shape index (κ1) is 18.5. The van der Waals surface area contributed by atoms with Crippen molar-refractivity contribution in [1.82, 2.24) is 4.90 Å². The number of nitriles is 1.